The Balaban J connectivity index is 2.04. The van der Waals surface area contributed by atoms with Gasteiger partial charge in [0.25, 0.3) is 0 Å². The van der Waals surface area contributed by atoms with Crippen molar-refractivity contribution < 1.29 is 14.6 Å². The van der Waals surface area contributed by atoms with E-state index >= 15 is 0 Å². The van der Waals surface area contributed by atoms with Crippen LogP contribution in [0.5, 0.6) is 0 Å². The molecule has 0 radical (unpaired) electrons. The summed E-state index contributed by atoms with van der Waals surface area (Å²) in [6, 6.07) is -0.229. The van der Waals surface area contributed by atoms with Crippen LogP contribution in [0.15, 0.2) is 6.20 Å². The first kappa shape index (κ1) is 14.9. The van der Waals surface area contributed by atoms with Gasteiger partial charge < -0.3 is 9.84 Å². The van der Waals surface area contributed by atoms with Crippen LogP contribution in [0.25, 0.3) is 0 Å². The first-order valence-corrected chi connectivity index (χ1v) is 7.09. The molecule has 1 aliphatic rings. The molecule has 2 rings (SSSR count). The molecule has 1 aromatic rings. The third kappa shape index (κ3) is 3.77. The van der Waals surface area contributed by atoms with Gasteiger partial charge >= 0.3 is 5.97 Å². The molecule has 1 saturated carbocycles. The molecular weight excluding hydrogens is 260 g/mol. The van der Waals surface area contributed by atoms with Gasteiger partial charge in [0, 0.05) is 19.2 Å². The molecule has 0 aliphatic heterocycles. The summed E-state index contributed by atoms with van der Waals surface area (Å²) >= 11 is 0. The highest BCUT2D eigenvalue weighted by molar-refractivity contribution is 5.76. The van der Waals surface area contributed by atoms with E-state index in [-0.39, 0.29) is 12.6 Å². The number of ether oxygens (including phenoxy) is 1. The van der Waals surface area contributed by atoms with E-state index in [1.54, 1.807) is 10.9 Å². The number of aromatic nitrogens is 3. The zero-order valence-electron chi connectivity index (χ0n) is 11.8. The van der Waals surface area contributed by atoms with E-state index < -0.39 is 6.04 Å². The molecule has 2 N–H and O–H groups in total. The first-order chi connectivity index (χ1) is 9.74. The Morgan fingerprint density at radius 1 is 1.60 bits per heavy atom. The van der Waals surface area contributed by atoms with Gasteiger partial charge in [-0.05, 0) is 19.3 Å². The summed E-state index contributed by atoms with van der Waals surface area (Å²) in [5.74, 6) is -0.342. The zero-order chi connectivity index (χ0) is 14.4. The summed E-state index contributed by atoms with van der Waals surface area (Å²) in [5.41, 5.74) is 0.571. The number of esters is 1. The molecule has 1 heterocycles. The van der Waals surface area contributed by atoms with Crippen LogP contribution >= 0.6 is 0 Å². The average Bonchev–Trinajstić information content (AvgIpc) is 3.13. The fourth-order valence-corrected chi connectivity index (χ4v) is 2.51. The van der Waals surface area contributed by atoms with E-state index in [4.69, 9.17) is 9.84 Å². The van der Waals surface area contributed by atoms with Gasteiger partial charge in [0.2, 0.25) is 0 Å². The summed E-state index contributed by atoms with van der Waals surface area (Å²) in [7, 11) is 1.38. The molecule has 20 heavy (non-hydrogen) atoms. The molecule has 112 valence electrons. The zero-order valence-corrected chi connectivity index (χ0v) is 11.8. The minimum Gasteiger partial charge on any atom is -0.468 e. The number of aryl methyl sites for hydroxylation is 1. The number of carbonyl (C=O) groups is 1. The van der Waals surface area contributed by atoms with E-state index in [0.29, 0.717) is 24.7 Å². The molecule has 1 aromatic heterocycles. The predicted molar refractivity (Wildman–Crippen MR) is 71.9 cm³/mol. The van der Waals surface area contributed by atoms with E-state index in [1.807, 2.05) is 0 Å². The van der Waals surface area contributed by atoms with E-state index in [1.165, 1.54) is 20.0 Å². The molecule has 7 heteroatoms. The summed E-state index contributed by atoms with van der Waals surface area (Å²) < 4.78 is 6.49. The second-order valence-electron chi connectivity index (χ2n) is 5.09. The molecule has 0 bridgehead atoms. The third-order valence-corrected chi connectivity index (χ3v) is 3.59. The smallest absolute Gasteiger partial charge is 0.329 e. The van der Waals surface area contributed by atoms with Gasteiger partial charge in [-0.3, -0.25) is 10.00 Å². The number of carbonyl (C=O) groups excluding carboxylic acids is 1. The largest absolute Gasteiger partial charge is 0.468 e. The molecule has 1 fully saturated rings. The number of nitrogens with one attached hydrogen (secondary N) is 1. The van der Waals surface area contributed by atoms with E-state index in [2.05, 4.69) is 15.6 Å². The number of rotatable bonds is 7. The summed E-state index contributed by atoms with van der Waals surface area (Å²) in [6.07, 6.45) is 6.88. The summed E-state index contributed by atoms with van der Waals surface area (Å²) in [4.78, 5) is 11.9. The van der Waals surface area contributed by atoms with Crippen LogP contribution in [0.1, 0.15) is 43.8 Å². The topological polar surface area (TPSA) is 89.3 Å². The number of methoxy groups -OCH3 is 1. The molecule has 1 aliphatic carbocycles. The average molecular weight is 282 g/mol. The lowest BCUT2D eigenvalue weighted by molar-refractivity contribution is -0.143. The molecule has 0 spiro atoms. The van der Waals surface area contributed by atoms with Crippen LogP contribution in [0.4, 0.5) is 0 Å². The van der Waals surface area contributed by atoms with Gasteiger partial charge in [0.1, 0.15) is 5.69 Å². The molecule has 1 atom stereocenters. The fourth-order valence-electron chi connectivity index (χ4n) is 2.51. The molecule has 0 amide bonds. The lowest BCUT2D eigenvalue weighted by Crippen LogP contribution is -2.36. The highest BCUT2D eigenvalue weighted by Gasteiger charge is 2.28. The van der Waals surface area contributed by atoms with Gasteiger partial charge in [0.15, 0.2) is 6.04 Å². The molecular formula is C13H22N4O3. The van der Waals surface area contributed by atoms with Crippen molar-refractivity contribution in [3.63, 3.8) is 0 Å². The van der Waals surface area contributed by atoms with Crippen molar-refractivity contribution in [1.82, 2.24) is 20.3 Å². The number of aliphatic hydroxyl groups is 1. The minimum atomic E-state index is -0.564. The number of hydrogen-bond donors (Lipinski definition) is 2. The van der Waals surface area contributed by atoms with Crippen LogP contribution in [0, 0.1) is 0 Å². The van der Waals surface area contributed by atoms with Crippen molar-refractivity contribution >= 4 is 5.97 Å². The Kier molecular flexibility index (Phi) is 5.49. The maximum absolute atomic E-state index is 11.9. The Morgan fingerprint density at radius 2 is 2.35 bits per heavy atom. The molecule has 0 aromatic carbocycles. The number of nitrogens with zero attached hydrogens (tertiary/aromatic N) is 3. The van der Waals surface area contributed by atoms with Crippen molar-refractivity contribution in [3.05, 3.63) is 11.9 Å². The molecule has 1 unspecified atom stereocenters. The van der Waals surface area contributed by atoms with Gasteiger partial charge in [-0.15, -0.1) is 5.10 Å². The van der Waals surface area contributed by atoms with Gasteiger partial charge in [-0.2, -0.15) is 0 Å². The van der Waals surface area contributed by atoms with Crippen LogP contribution < -0.4 is 5.32 Å². The normalized spacial score (nSPS) is 17.3. The van der Waals surface area contributed by atoms with Crippen molar-refractivity contribution in [2.75, 3.05) is 13.7 Å². The standard InChI is InChI=1S/C13H22N4O3/c1-20-13(19)12(14-10-5-2-3-6-10)11-9-17(16-15-11)7-4-8-18/h9-10,12,14,18H,2-8H2,1H3. The Bertz CT molecular complexity index is 429. The van der Waals surface area contributed by atoms with Crippen LogP contribution in [-0.2, 0) is 16.1 Å². The van der Waals surface area contributed by atoms with E-state index in [0.717, 1.165) is 12.8 Å². The van der Waals surface area contributed by atoms with Crippen molar-refractivity contribution in [1.29, 1.82) is 0 Å². The van der Waals surface area contributed by atoms with Crippen molar-refractivity contribution in [2.24, 2.45) is 0 Å². The SMILES string of the molecule is COC(=O)C(NC1CCCC1)c1cn(CCCO)nn1. The Morgan fingerprint density at radius 3 is 3.00 bits per heavy atom. The number of aliphatic hydroxyl groups excluding tert-OH is 1. The fraction of sp³-hybridized carbons (Fsp3) is 0.769. The minimum absolute atomic E-state index is 0.107. The second-order valence-corrected chi connectivity index (χ2v) is 5.09. The van der Waals surface area contributed by atoms with Gasteiger partial charge in [-0.25, -0.2) is 4.79 Å². The first-order valence-electron chi connectivity index (χ1n) is 7.09. The maximum Gasteiger partial charge on any atom is 0.329 e. The highest BCUT2D eigenvalue weighted by atomic mass is 16.5. The van der Waals surface area contributed by atoms with Gasteiger partial charge in [-0.1, -0.05) is 18.1 Å². The predicted octanol–water partition coefficient (Wildman–Crippen LogP) is 0.407. The van der Waals surface area contributed by atoms with Crippen molar-refractivity contribution in [2.45, 2.75) is 50.7 Å². The second kappa shape index (κ2) is 7.35. The Hall–Kier alpha value is -1.47. The van der Waals surface area contributed by atoms with Crippen molar-refractivity contribution in [3.8, 4) is 0 Å². The Labute approximate surface area is 118 Å². The molecule has 7 nitrogen and oxygen atoms in total. The molecule has 0 saturated heterocycles. The lowest BCUT2D eigenvalue weighted by Gasteiger charge is -2.18. The van der Waals surface area contributed by atoms with Crippen LogP contribution in [0.2, 0.25) is 0 Å². The van der Waals surface area contributed by atoms with E-state index in [9.17, 15) is 4.79 Å². The van der Waals surface area contributed by atoms with Crippen LogP contribution in [-0.4, -0.2) is 45.8 Å². The lowest BCUT2D eigenvalue weighted by atomic mass is 10.1. The van der Waals surface area contributed by atoms with Gasteiger partial charge in [0.05, 0.1) is 13.3 Å². The quantitative estimate of drug-likeness (QED) is 0.704. The monoisotopic (exact) mass is 282 g/mol. The maximum atomic E-state index is 11.9. The van der Waals surface area contributed by atoms with Crippen LogP contribution in [0.3, 0.4) is 0 Å². The summed E-state index contributed by atoms with van der Waals surface area (Å²) in [5, 5.41) is 20.1. The number of hydrogen-bond acceptors (Lipinski definition) is 6. The third-order valence-electron chi connectivity index (χ3n) is 3.59. The summed E-state index contributed by atoms with van der Waals surface area (Å²) in [6.45, 7) is 0.691. The highest BCUT2D eigenvalue weighted by Crippen LogP contribution is 2.22.